The summed E-state index contributed by atoms with van der Waals surface area (Å²) in [6.45, 7) is 3.04. The van der Waals surface area contributed by atoms with Crippen molar-refractivity contribution in [3.63, 3.8) is 0 Å². The fraction of sp³-hybridized carbons (Fsp3) is 0.846. The molecule has 17 heavy (non-hydrogen) atoms. The van der Waals surface area contributed by atoms with Gasteiger partial charge in [-0.1, -0.05) is 19.3 Å². The fourth-order valence-corrected chi connectivity index (χ4v) is 2.24. The Morgan fingerprint density at radius 3 is 2.76 bits per heavy atom. The Hall–Kier alpha value is -1.08. The van der Waals surface area contributed by atoms with Gasteiger partial charge >= 0.3 is 0 Å². The number of nitriles is 1. The SMILES string of the molecule is CCN(C)C(=O)CNC1CCCCCC1C#N. The quantitative estimate of drug-likeness (QED) is 0.754. The van der Waals surface area contributed by atoms with Gasteiger partial charge in [-0.3, -0.25) is 4.79 Å². The Bertz CT molecular complexity index is 285. The van der Waals surface area contributed by atoms with Crippen molar-refractivity contribution in [2.45, 2.75) is 45.1 Å². The highest BCUT2D eigenvalue weighted by Gasteiger charge is 2.23. The van der Waals surface area contributed by atoms with Crippen LogP contribution in [0.25, 0.3) is 0 Å². The minimum atomic E-state index is 0.0669. The minimum Gasteiger partial charge on any atom is -0.345 e. The second-order valence-corrected chi connectivity index (χ2v) is 4.77. The molecule has 96 valence electrons. The molecule has 2 unspecified atom stereocenters. The first kappa shape index (κ1) is 14.0. The Balaban J connectivity index is 2.43. The summed E-state index contributed by atoms with van der Waals surface area (Å²) in [6.07, 6.45) is 5.49. The molecule has 4 heteroatoms. The summed E-state index contributed by atoms with van der Waals surface area (Å²) in [7, 11) is 1.80. The van der Waals surface area contributed by atoms with Crippen molar-refractivity contribution in [2.24, 2.45) is 5.92 Å². The van der Waals surface area contributed by atoms with Crippen LogP contribution in [-0.2, 0) is 4.79 Å². The van der Waals surface area contributed by atoms with Crippen LogP contribution in [0.5, 0.6) is 0 Å². The normalized spacial score (nSPS) is 24.8. The van der Waals surface area contributed by atoms with E-state index in [0.717, 1.165) is 32.2 Å². The third kappa shape index (κ3) is 4.35. The van der Waals surface area contributed by atoms with Gasteiger partial charge in [-0.05, 0) is 19.8 Å². The number of carbonyl (C=O) groups excluding carboxylic acids is 1. The molecule has 1 rings (SSSR count). The first-order valence-corrected chi connectivity index (χ1v) is 6.56. The summed E-state index contributed by atoms with van der Waals surface area (Å²) in [5.74, 6) is 0.172. The number of rotatable bonds is 4. The van der Waals surface area contributed by atoms with E-state index < -0.39 is 0 Å². The number of likely N-dealkylation sites (N-methyl/N-ethyl adjacent to an activating group) is 1. The van der Waals surface area contributed by atoms with Gasteiger partial charge in [-0.2, -0.15) is 5.26 Å². The molecule has 0 aliphatic heterocycles. The predicted octanol–water partition coefficient (Wildman–Crippen LogP) is 1.53. The zero-order valence-corrected chi connectivity index (χ0v) is 10.9. The van der Waals surface area contributed by atoms with E-state index in [-0.39, 0.29) is 17.9 Å². The maximum absolute atomic E-state index is 11.7. The van der Waals surface area contributed by atoms with Crippen LogP contribution in [0.2, 0.25) is 0 Å². The molecule has 4 nitrogen and oxygen atoms in total. The molecule has 0 aromatic rings. The van der Waals surface area contributed by atoms with Crippen LogP contribution in [-0.4, -0.2) is 37.0 Å². The summed E-state index contributed by atoms with van der Waals surface area (Å²) >= 11 is 0. The molecule has 1 aliphatic rings. The Labute approximate surface area is 104 Å². The minimum absolute atomic E-state index is 0.0669. The van der Waals surface area contributed by atoms with E-state index in [0.29, 0.717) is 6.54 Å². The van der Waals surface area contributed by atoms with Crippen molar-refractivity contribution in [1.29, 1.82) is 5.26 Å². The molecule has 0 radical (unpaired) electrons. The van der Waals surface area contributed by atoms with E-state index in [2.05, 4.69) is 11.4 Å². The molecule has 1 amide bonds. The topological polar surface area (TPSA) is 56.1 Å². The Kier molecular flexibility index (Phi) is 5.99. The predicted molar refractivity (Wildman–Crippen MR) is 67.3 cm³/mol. The van der Waals surface area contributed by atoms with Gasteiger partial charge in [0.1, 0.15) is 0 Å². The molecule has 1 fully saturated rings. The zero-order chi connectivity index (χ0) is 12.7. The number of nitrogens with one attached hydrogen (secondary N) is 1. The molecule has 1 aliphatic carbocycles. The van der Waals surface area contributed by atoms with Gasteiger partial charge in [0.05, 0.1) is 18.5 Å². The van der Waals surface area contributed by atoms with Crippen molar-refractivity contribution in [3.8, 4) is 6.07 Å². The highest BCUT2D eigenvalue weighted by atomic mass is 16.2. The molecule has 2 atom stereocenters. The molecular formula is C13H23N3O. The molecule has 0 aromatic heterocycles. The average molecular weight is 237 g/mol. The van der Waals surface area contributed by atoms with Crippen LogP contribution < -0.4 is 5.32 Å². The first-order valence-electron chi connectivity index (χ1n) is 6.56. The standard InChI is InChI=1S/C13H23N3O/c1-3-16(2)13(17)10-15-12-8-6-4-5-7-11(12)9-14/h11-12,15H,3-8,10H2,1-2H3. The van der Waals surface area contributed by atoms with Crippen LogP contribution in [0, 0.1) is 17.2 Å². The van der Waals surface area contributed by atoms with Crippen molar-refractivity contribution >= 4 is 5.91 Å². The van der Waals surface area contributed by atoms with Gasteiger partial charge in [0.25, 0.3) is 0 Å². The summed E-state index contributed by atoms with van der Waals surface area (Å²) in [5.41, 5.74) is 0. The third-order valence-electron chi connectivity index (χ3n) is 3.60. The summed E-state index contributed by atoms with van der Waals surface area (Å²) < 4.78 is 0. The van der Waals surface area contributed by atoms with E-state index in [1.165, 1.54) is 6.42 Å². The molecule has 1 N–H and O–H groups in total. The van der Waals surface area contributed by atoms with Crippen LogP contribution in [0.15, 0.2) is 0 Å². The lowest BCUT2D eigenvalue weighted by molar-refractivity contribution is -0.128. The van der Waals surface area contributed by atoms with Gasteiger partial charge < -0.3 is 10.2 Å². The van der Waals surface area contributed by atoms with Crippen molar-refractivity contribution in [3.05, 3.63) is 0 Å². The van der Waals surface area contributed by atoms with E-state index in [1.807, 2.05) is 6.92 Å². The lowest BCUT2D eigenvalue weighted by Gasteiger charge is -2.22. The van der Waals surface area contributed by atoms with Crippen LogP contribution >= 0.6 is 0 Å². The zero-order valence-electron chi connectivity index (χ0n) is 10.9. The molecule has 0 heterocycles. The number of hydrogen-bond acceptors (Lipinski definition) is 3. The van der Waals surface area contributed by atoms with E-state index in [1.54, 1.807) is 11.9 Å². The summed E-state index contributed by atoms with van der Waals surface area (Å²) in [4.78, 5) is 13.4. The van der Waals surface area contributed by atoms with Crippen molar-refractivity contribution in [1.82, 2.24) is 10.2 Å². The van der Waals surface area contributed by atoms with Gasteiger partial charge in [-0.25, -0.2) is 0 Å². The molecule has 0 bridgehead atoms. The van der Waals surface area contributed by atoms with Crippen molar-refractivity contribution < 1.29 is 4.79 Å². The highest BCUT2D eigenvalue weighted by molar-refractivity contribution is 5.77. The lowest BCUT2D eigenvalue weighted by atomic mass is 9.96. The summed E-state index contributed by atoms with van der Waals surface area (Å²) in [6, 6.07) is 2.56. The largest absolute Gasteiger partial charge is 0.345 e. The van der Waals surface area contributed by atoms with Gasteiger partial charge in [0, 0.05) is 19.6 Å². The summed E-state index contributed by atoms with van der Waals surface area (Å²) in [5, 5.41) is 12.4. The highest BCUT2D eigenvalue weighted by Crippen LogP contribution is 2.22. The van der Waals surface area contributed by atoms with Crippen LogP contribution in [0.1, 0.15) is 39.0 Å². The van der Waals surface area contributed by atoms with Gasteiger partial charge in [0.2, 0.25) is 5.91 Å². The maximum Gasteiger partial charge on any atom is 0.236 e. The molecular weight excluding hydrogens is 214 g/mol. The second-order valence-electron chi connectivity index (χ2n) is 4.77. The maximum atomic E-state index is 11.7. The average Bonchev–Trinajstić information content (AvgIpc) is 2.59. The second kappa shape index (κ2) is 7.29. The van der Waals surface area contributed by atoms with Gasteiger partial charge in [-0.15, -0.1) is 0 Å². The molecule has 0 saturated heterocycles. The molecule has 1 saturated carbocycles. The van der Waals surface area contributed by atoms with Gasteiger partial charge in [0.15, 0.2) is 0 Å². The Morgan fingerprint density at radius 2 is 2.12 bits per heavy atom. The monoisotopic (exact) mass is 237 g/mol. The van der Waals surface area contributed by atoms with E-state index >= 15 is 0 Å². The number of carbonyl (C=O) groups is 1. The number of hydrogen-bond donors (Lipinski definition) is 1. The molecule has 0 spiro atoms. The van der Waals surface area contributed by atoms with E-state index in [9.17, 15) is 4.79 Å². The Morgan fingerprint density at radius 1 is 1.41 bits per heavy atom. The first-order chi connectivity index (χ1) is 8.19. The van der Waals surface area contributed by atoms with Crippen molar-refractivity contribution in [2.75, 3.05) is 20.1 Å². The van der Waals surface area contributed by atoms with Crippen LogP contribution in [0.3, 0.4) is 0 Å². The number of nitrogens with zero attached hydrogens (tertiary/aromatic N) is 2. The van der Waals surface area contributed by atoms with E-state index in [4.69, 9.17) is 5.26 Å². The lowest BCUT2D eigenvalue weighted by Crippen LogP contribution is -2.42. The fourth-order valence-electron chi connectivity index (χ4n) is 2.24. The smallest absolute Gasteiger partial charge is 0.236 e. The van der Waals surface area contributed by atoms with Crippen LogP contribution in [0.4, 0.5) is 0 Å². The third-order valence-corrected chi connectivity index (χ3v) is 3.60. The molecule has 0 aromatic carbocycles. The number of amides is 1.